The van der Waals surface area contributed by atoms with E-state index in [1.54, 1.807) is 6.07 Å². The number of aromatic nitrogens is 2. The SMILES string of the molecule is CC(C)(C)C(=O)OC1CCc2c(-c3noc(-c4ccc(O)c(C#N)c4)n3)cccc21. The molecule has 1 N–H and O–H groups in total. The van der Waals surface area contributed by atoms with Crippen LogP contribution in [0.2, 0.25) is 0 Å². The summed E-state index contributed by atoms with van der Waals surface area (Å²) in [5, 5.41) is 22.9. The van der Waals surface area contributed by atoms with Gasteiger partial charge in [-0.25, -0.2) is 0 Å². The number of carbonyl (C=O) groups is 1. The van der Waals surface area contributed by atoms with Crippen molar-refractivity contribution in [2.75, 3.05) is 0 Å². The molecule has 0 saturated carbocycles. The molecule has 0 fully saturated rings. The van der Waals surface area contributed by atoms with Gasteiger partial charge in [-0.2, -0.15) is 10.2 Å². The van der Waals surface area contributed by atoms with Gasteiger partial charge in [0.05, 0.1) is 11.0 Å². The van der Waals surface area contributed by atoms with Crippen molar-refractivity contribution in [3.8, 4) is 34.7 Å². The molecule has 0 radical (unpaired) electrons. The minimum atomic E-state index is -0.560. The molecular formula is C23H21N3O4. The Morgan fingerprint density at radius 2 is 2.10 bits per heavy atom. The van der Waals surface area contributed by atoms with Crippen LogP contribution in [0.5, 0.6) is 5.75 Å². The molecule has 0 amide bonds. The highest BCUT2D eigenvalue weighted by Crippen LogP contribution is 2.40. The van der Waals surface area contributed by atoms with E-state index in [9.17, 15) is 9.90 Å². The van der Waals surface area contributed by atoms with Crippen LogP contribution >= 0.6 is 0 Å². The van der Waals surface area contributed by atoms with Gasteiger partial charge in [0.15, 0.2) is 0 Å². The molecule has 2 aromatic carbocycles. The number of phenols is 1. The number of benzene rings is 2. The standard InChI is InChI=1S/C23H21N3O4/c1-23(2,3)22(28)29-19-10-8-15-16(19)5-4-6-17(15)20-25-21(30-26-20)13-7-9-18(27)14(11-13)12-24/h4-7,9,11,19,27H,8,10H2,1-3H3. The van der Waals surface area contributed by atoms with E-state index < -0.39 is 5.41 Å². The van der Waals surface area contributed by atoms with Crippen molar-refractivity contribution < 1.29 is 19.2 Å². The number of phenolic OH excluding ortho intramolecular Hbond substituents is 1. The molecule has 152 valence electrons. The molecule has 1 aliphatic carbocycles. The van der Waals surface area contributed by atoms with Gasteiger partial charge in [-0.1, -0.05) is 23.4 Å². The summed E-state index contributed by atoms with van der Waals surface area (Å²) < 4.78 is 11.1. The first-order valence-electron chi connectivity index (χ1n) is 9.68. The predicted molar refractivity (Wildman–Crippen MR) is 108 cm³/mol. The predicted octanol–water partition coefficient (Wildman–Crippen LogP) is 4.56. The first-order valence-corrected chi connectivity index (χ1v) is 9.68. The maximum Gasteiger partial charge on any atom is 0.311 e. The van der Waals surface area contributed by atoms with Gasteiger partial charge in [0.25, 0.3) is 5.89 Å². The smallest absolute Gasteiger partial charge is 0.311 e. The maximum atomic E-state index is 12.3. The zero-order valence-electron chi connectivity index (χ0n) is 17.0. The third-order valence-corrected chi connectivity index (χ3v) is 5.11. The van der Waals surface area contributed by atoms with Crippen molar-refractivity contribution in [3.63, 3.8) is 0 Å². The molecule has 1 aliphatic rings. The minimum absolute atomic E-state index is 0.0993. The molecule has 3 aromatic rings. The van der Waals surface area contributed by atoms with Crippen molar-refractivity contribution in [1.29, 1.82) is 5.26 Å². The Kier molecular flexibility index (Phi) is 4.78. The van der Waals surface area contributed by atoms with Crippen LogP contribution in [-0.2, 0) is 16.0 Å². The third kappa shape index (κ3) is 3.52. The van der Waals surface area contributed by atoms with Gasteiger partial charge >= 0.3 is 5.97 Å². The molecule has 7 heteroatoms. The molecule has 4 rings (SSSR count). The summed E-state index contributed by atoms with van der Waals surface area (Å²) in [6, 6.07) is 12.2. The molecule has 1 aromatic heterocycles. The van der Waals surface area contributed by atoms with E-state index in [2.05, 4.69) is 10.1 Å². The van der Waals surface area contributed by atoms with Crippen molar-refractivity contribution in [3.05, 3.63) is 53.1 Å². The number of hydrogen-bond donors (Lipinski definition) is 1. The Bertz CT molecular complexity index is 1170. The summed E-state index contributed by atoms with van der Waals surface area (Å²) >= 11 is 0. The van der Waals surface area contributed by atoms with Gasteiger partial charge in [0.2, 0.25) is 5.82 Å². The second-order valence-corrected chi connectivity index (χ2v) is 8.32. The fourth-order valence-electron chi connectivity index (χ4n) is 3.46. The highest BCUT2D eigenvalue weighted by atomic mass is 16.5. The van der Waals surface area contributed by atoms with Crippen LogP contribution in [0.1, 0.15) is 50.0 Å². The first-order chi connectivity index (χ1) is 14.3. The average molecular weight is 403 g/mol. The first kappa shape index (κ1) is 19.6. The van der Waals surface area contributed by atoms with Crippen molar-refractivity contribution >= 4 is 5.97 Å². The number of carbonyl (C=O) groups excluding carboxylic acids is 1. The average Bonchev–Trinajstić information content (AvgIpc) is 3.35. The van der Waals surface area contributed by atoms with Gasteiger partial charge < -0.3 is 14.4 Å². The van der Waals surface area contributed by atoms with Gasteiger partial charge in [0, 0.05) is 11.1 Å². The molecular weight excluding hydrogens is 382 g/mol. The molecule has 0 saturated heterocycles. The fourth-order valence-corrected chi connectivity index (χ4v) is 3.46. The van der Waals surface area contributed by atoms with Crippen LogP contribution in [0.15, 0.2) is 40.9 Å². The topological polar surface area (TPSA) is 109 Å². The number of rotatable bonds is 3. The second-order valence-electron chi connectivity index (χ2n) is 8.32. The molecule has 0 aliphatic heterocycles. The van der Waals surface area contributed by atoms with Gasteiger partial charge in [-0.15, -0.1) is 0 Å². The fraction of sp³-hybridized carbons (Fsp3) is 0.304. The van der Waals surface area contributed by atoms with E-state index in [0.717, 1.165) is 23.1 Å². The Hall–Kier alpha value is -3.66. The second kappa shape index (κ2) is 7.30. The quantitative estimate of drug-likeness (QED) is 0.639. The molecule has 0 bridgehead atoms. The summed E-state index contributed by atoms with van der Waals surface area (Å²) in [5.74, 6) is 0.356. The Morgan fingerprint density at radius 3 is 2.83 bits per heavy atom. The molecule has 30 heavy (non-hydrogen) atoms. The van der Waals surface area contributed by atoms with Crippen molar-refractivity contribution in [2.24, 2.45) is 5.41 Å². The largest absolute Gasteiger partial charge is 0.507 e. The molecule has 1 unspecified atom stereocenters. The summed E-state index contributed by atoms with van der Waals surface area (Å²) in [7, 11) is 0. The van der Waals surface area contributed by atoms with E-state index in [1.165, 1.54) is 12.1 Å². The van der Waals surface area contributed by atoms with Gasteiger partial charge in [0.1, 0.15) is 17.9 Å². The summed E-state index contributed by atoms with van der Waals surface area (Å²) in [6.07, 6.45) is 1.17. The molecule has 1 heterocycles. The minimum Gasteiger partial charge on any atom is -0.507 e. The number of nitrogens with zero attached hydrogens (tertiary/aromatic N) is 3. The Balaban J connectivity index is 1.65. The number of hydrogen-bond acceptors (Lipinski definition) is 7. The lowest BCUT2D eigenvalue weighted by Gasteiger charge is -2.21. The normalized spacial score (nSPS) is 15.5. The molecule has 1 atom stereocenters. The van der Waals surface area contributed by atoms with Crippen molar-refractivity contribution in [1.82, 2.24) is 10.1 Å². The van der Waals surface area contributed by atoms with Crippen LogP contribution in [0, 0.1) is 16.7 Å². The van der Waals surface area contributed by atoms with Crippen LogP contribution in [0.25, 0.3) is 22.8 Å². The van der Waals surface area contributed by atoms with E-state index in [4.69, 9.17) is 14.5 Å². The number of ether oxygens (including phenoxy) is 1. The summed E-state index contributed by atoms with van der Waals surface area (Å²) in [5.41, 5.74) is 2.96. The number of fused-ring (bicyclic) bond motifs is 1. The maximum absolute atomic E-state index is 12.3. The summed E-state index contributed by atoms with van der Waals surface area (Å²) in [6.45, 7) is 5.51. The highest BCUT2D eigenvalue weighted by Gasteiger charge is 2.32. The van der Waals surface area contributed by atoms with Gasteiger partial charge in [-0.3, -0.25) is 4.79 Å². The van der Waals surface area contributed by atoms with Crippen LogP contribution in [-0.4, -0.2) is 21.2 Å². The van der Waals surface area contributed by atoms with E-state index in [-0.39, 0.29) is 29.3 Å². The van der Waals surface area contributed by atoms with E-state index >= 15 is 0 Å². The van der Waals surface area contributed by atoms with Gasteiger partial charge in [-0.05, 0) is 62.9 Å². The third-order valence-electron chi connectivity index (χ3n) is 5.11. The lowest BCUT2D eigenvalue weighted by atomic mass is 9.97. The number of esters is 1. The summed E-state index contributed by atoms with van der Waals surface area (Å²) in [4.78, 5) is 16.8. The number of nitriles is 1. The highest BCUT2D eigenvalue weighted by molar-refractivity contribution is 5.76. The van der Waals surface area contributed by atoms with E-state index in [1.807, 2.05) is 45.0 Å². The zero-order valence-corrected chi connectivity index (χ0v) is 17.0. The van der Waals surface area contributed by atoms with Crippen LogP contribution < -0.4 is 0 Å². The van der Waals surface area contributed by atoms with Crippen LogP contribution in [0.3, 0.4) is 0 Å². The molecule has 0 spiro atoms. The Morgan fingerprint density at radius 1 is 1.30 bits per heavy atom. The molecule has 7 nitrogen and oxygen atoms in total. The lowest BCUT2D eigenvalue weighted by Crippen LogP contribution is -2.24. The van der Waals surface area contributed by atoms with Crippen molar-refractivity contribution in [2.45, 2.75) is 39.7 Å². The lowest BCUT2D eigenvalue weighted by molar-refractivity contribution is -0.158. The number of aromatic hydroxyl groups is 1. The van der Waals surface area contributed by atoms with E-state index in [0.29, 0.717) is 17.8 Å². The monoisotopic (exact) mass is 403 g/mol. The Labute approximate surface area is 173 Å². The zero-order chi connectivity index (χ0) is 21.5. The van der Waals surface area contributed by atoms with Crippen LogP contribution in [0.4, 0.5) is 0 Å².